The van der Waals surface area contributed by atoms with Crippen LogP contribution >= 0.6 is 11.8 Å². The molecule has 1 heterocycles. The first-order chi connectivity index (χ1) is 10.1. The van der Waals surface area contributed by atoms with Crippen molar-refractivity contribution in [1.29, 1.82) is 0 Å². The first-order valence-corrected chi connectivity index (χ1v) is 7.69. The van der Waals surface area contributed by atoms with Crippen molar-refractivity contribution in [2.24, 2.45) is 0 Å². The third kappa shape index (κ3) is 4.12. The molecule has 114 valence electrons. The molecule has 0 saturated heterocycles. The molecule has 7 heteroatoms. The number of methoxy groups -OCH3 is 1. The summed E-state index contributed by atoms with van der Waals surface area (Å²) in [5, 5.41) is 8.93. The molecule has 0 aliphatic heterocycles. The quantitative estimate of drug-likeness (QED) is 0.480. The molecule has 2 aromatic rings. The molecule has 0 amide bonds. The van der Waals surface area contributed by atoms with Crippen molar-refractivity contribution < 1.29 is 9.47 Å². The van der Waals surface area contributed by atoms with E-state index < -0.39 is 0 Å². The molecule has 0 atom stereocenters. The zero-order chi connectivity index (χ0) is 15.2. The van der Waals surface area contributed by atoms with Gasteiger partial charge >= 0.3 is 0 Å². The predicted octanol–water partition coefficient (Wildman–Crippen LogP) is 2.18. The highest BCUT2D eigenvalue weighted by atomic mass is 32.2. The number of aromatic nitrogens is 3. The van der Waals surface area contributed by atoms with Gasteiger partial charge in [-0.2, -0.15) is 0 Å². The molecule has 0 aliphatic carbocycles. The van der Waals surface area contributed by atoms with Gasteiger partial charge in [0.1, 0.15) is 5.75 Å². The van der Waals surface area contributed by atoms with Gasteiger partial charge in [-0.1, -0.05) is 11.8 Å². The fourth-order valence-electron chi connectivity index (χ4n) is 1.73. The summed E-state index contributed by atoms with van der Waals surface area (Å²) in [5.41, 5.74) is 0.899. The Hall–Kier alpha value is -1.73. The van der Waals surface area contributed by atoms with E-state index in [-0.39, 0.29) is 6.10 Å². The van der Waals surface area contributed by atoms with Gasteiger partial charge in [0.15, 0.2) is 5.82 Å². The van der Waals surface area contributed by atoms with Crippen LogP contribution in [0.2, 0.25) is 0 Å². The van der Waals surface area contributed by atoms with Crippen LogP contribution in [0.4, 0.5) is 0 Å². The van der Waals surface area contributed by atoms with Gasteiger partial charge in [0, 0.05) is 11.3 Å². The van der Waals surface area contributed by atoms with Crippen LogP contribution in [0.5, 0.6) is 5.75 Å². The summed E-state index contributed by atoms with van der Waals surface area (Å²) < 4.78 is 12.1. The van der Waals surface area contributed by atoms with Crippen molar-refractivity contribution in [2.75, 3.05) is 25.3 Å². The second-order valence-corrected chi connectivity index (χ2v) is 5.73. The summed E-state index contributed by atoms with van der Waals surface area (Å²) >= 11 is 1.53. The molecule has 1 aromatic heterocycles. The van der Waals surface area contributed by atoms with Gasteiger partial charge in [-0.15, -0.1) is 10.2 Å². The Morgan fingerprint density at radius 3 is 2.57 bits per heavy atom. The standard InChI is InChI=1S/C14H20N4O2S/c1-10(2)20-8-9-21-14-17-16-13(18(14)15)11-4-6-12(19-3)7-5-11/h4-7,10H,8-9,15H2,1-3H3. The molecule has 0 unspecified atom stereocenters. The van der Waals surface area contributed by atoms with Crippen LogP contribution in [0.3, 0.4) is 0 Å². The number of hydrogen-bond donors (Lipinski definition) is 1. The third-order valence-corrected chi connectivity index (χ3v) is 3.69. The highest BCUT2D eigenvalue weighted by Crippen LogP contribution is 2.23. The number of ether oxygens (including phenoxy) is 2. The van der Waals surface area contributed by atoms with Crippen molar-refractivity contribution in [2.45, 2.75) is 25.1 Å². The SMILES string of the molecule is COc1ccc(-c2nnc(SCCOC(C)C)n2N)cc1. The Labute approximate surface area is 128 Å². The second-order valence-electron chi connectivity index (χ2n) is 4.67. The maximum absolute atomic E-state index is 6.05. The lowest BCUT2D eigenvalue weighted by molar-refractivity contribution is 0.0920. The van der Waals surface area contributed by atoms with Gasteiger partial charge in [0.05, 0.1) is 19.8 Å². The van der Waals surface area contributed by atoms with Gasteiger partial charge in [0.25, 0.3) is 0 Å². The summed E-state index contributed by atoms with van der Waals surface area (Å²) in [4.78, 5) is 0. The third-order valence-electron chi connectivity index (χ3n) is 2.78. The smallest absolute Gasteiger partial charge is 0.210 e. The maximum Gasteiger partial charge on any atom is 0.210 e. The van der Waals surface area contributed by atoms with Gasteiger partial charge < -0.3 is 15.3 Å². The Morgan fingerprint density at radius 1 is 1.24 bits per heavy atom. The van der Waals surface area contributed by atoms with Crippen LogP contribution in [0.25, 0.3) is 11.4 Å². The fraction of sp³-hybridized carbons (Fsp3) is 0.429. The van der Waals surface area contributed by atoms with Gasteiger partial charge in [-0.05, 0) is 38.1 Å². The zero-order valence-corrected chi connectivity index (χ0v) is 13.3. The van der Waals surface area contributed by atoms with Gasteiger partial charge in [0.2, 0.25) is 5.16 Å². The highest BCUT2D eigenvalue weighted by molar-refractivity contribution is 7.99. The van der Waals surface area contributed by atoms with E-state index in [1.165, 1.54) is 16.4 Å². The molecule has 0 radical (unpaired) electrons. The van der Waals surface area contributed by atoms with Crippen LogP contribution in [-0.4, -0.2) is 40.4 Å². The first kappa shape index (κ1) is 15.7. The average molecular weight is 308 g/mol. The molecular formula is C14H20N4O2S. The number of thioether (sulfide) groups is 1. The van der Waals surface area contributed by atoms with Gasteiger partial charge in [-0.25, -0.2) is 4.68 Å². The summed E-state index contributed by atoms with van der Waals surface area (Å²) in [7, 11) is 1.63. The van der Waals surface area contributed by atoms with Crippen molar-refractivity contribution >= 4 is 11.8 Å². The first-order valence-electron chi connectivity index (χ1n) is 6.71. The van der Waals surface area contributed by atoms with E-state index in [2.05, 4.69) is 10.2 Å². The molecule has 0 aliphatic rings. The highest BCUT2D eigenvalue weighted by Gasteiger charge is 2.12. The largest absolute Gasteiger partial charge is 0.497 e. The van der Waals surface area contributed by atoms with Crippen LogP contribution < -0.4 is 10.6 Å². The monoisotopic (exact) mass is 308 g/mol. The fourth-order valence-corrected chi connectivity index (χ4v) is 2.42. The van der Waals surface area contributed by atoms with Crippen molar-refractivity contribution in [3.8, 4) is 17.1 Å². The Morgan fingerprint density at radius 2 is 1.95 bits per heavy atom. The predicted molar refractivity (Wildman–Crippen MR) is 84.0 cm³/mol. The van der Waals surface area contributed by atoms with Crippen LogP contribution in [0.1, 0.15) is 13.8 Å². The minimum Gasteiger partial charge on any atom is -0.497 e. The average Bonchev–Trinajstić information content (AvgIpc) is 2.85. The number of rotatable bonds is 7. The molecule has 21 heavy (non-hydrogen) atoms. The zero-order valence-electron chi connectivity index (χ0n) is 12.4. The van der Waals surface area contributed by atoms with Crippen molar-refractivity contribution in [3.05, 3.63) is 24.3 Å². The molecule has 2 rings (SSSR count). The van der Waals surface area contributed by atoms with E-state index in [1.807, 2.05) is 38.1 Å². The molecule has 0 fully saturated rings. The summed E-state index contributed by atoms with van der Waals surface area (Å²) in [6.45, 7) is 4.68. The summed E-state index contributed by atoms with van der Waals surface area (Å²) in [5.74, 6) is 8.26. The lowest BCUT2D eigenvalue weighted by Gasteiger charge is -2.07. The molecule has 6 nitrogen and oxygen atoms in total. The minimum atomic E-state index is 0.233. The van der Waals surface area contributed by atoms with Crippen molar-refractivity contribution in [3.63, 3.8) is 0 Å². The van der Waals surface area contributed by atoms with E-state index in [9.17, 15) is 0 Å². The molecule has 0 saturated carbocycles. The number of hydrogen-bond acceptors (Lipinski definition) is 6. The molecule has 0 bridgehead atoms. The lowest BCUT2D eigenvalue weighted by Crippen LogP contribution is -2.12. The topological polar surface area (TPSA) is 75.2 Å². The maximum atomic E-state index is 6.05. The second kappa shape index (κ2) is 7.33. The van der Waals surface area contributed by atoms with Gasteiger partial charge in [-0.3, -0.25) is 0 Å². The number of nitrogen functional groups attached to an aromatic ring is 1. The summed E-state index contributed by atoms with van der Waals surface area (Å²) in [6, 6.07) is 7.55. The van der Waals surface area contributed by atoms with Crippen molar-refractivity contribution in [1.82, 2.24) is 14.9 Å². The normalized spacial score (nSPS) is 11.0. The number of nitrogens with two attached hydrogens (primary N) is 1. The number of benzene rings is 1. The Kier molecular flexibility index (Phi) is 5.46. The van der Waals surface area contributed by atoms with E-state index in [1.54, 1.807) is 7.11 Å². The van der Waals surface area contributed by atoms with E-state index in [0.717, 1.165) is 17.1 Å². The van der Waals surface area contributed by atoms with E-state index in [0.29, 0.717) is 17.6 Å². The summed E-state index contributed by atoms with van der Waals surface area (Å²) in [6.07, 6.45) is 0.233. The Balaban J connectivity index is 2.02. The number of nitrogens with zero attached hydrogens (tertiary/aromatic N) is 3. The molecule has 0 spiro atoms. The van der Waals surface area contributed by atoms with E-state index in [4.69, 9.17) is 15.3 Å². The Bertz CT molecular complexity index is 569. The van der Waals surface area contributed by atoms with E-state index >= 15 is 0 Å². The van der Waals surface area contributed by atoms with Crippen LogP contribution in [0.15, 0.2) is 29.4 Å². The molecule has 2 N–H and O–H groups in total. The van der Waals surface area contributed by atoms with Crippen LogP contribution in [-0.2, 0) is 4.74 Å². The molecular weight excluding hydrogens is 288 g/mol. The minimum absolute atomic E-state index is 0.233. The van der Waals surface area contributed by atoms with Crippen LogP contribution in [0, 0.1) is 0 Å². The lowest BCUT2D eigenvalue weighted by atomic mass is 10.2. The molecule has 1 aromatic carbocycles.